The Morgan fingerprint density at radius 3 is 2.37 bits per heavy atom. The zero-order valence-corrected chi connectivity index (χ0v) is 23.5. The van der Waals surface area contributed by atoms with Crippen molar-refractivity contribution in [3.63, 3.8) is 0 Å². The molecule has 5 nitrogen and oxygen atoms in total. The lowest BCUT2D eigenvalue weighted by Crippen LogP contribution is -2.48. The summed E-state index contributed by atoms with van der Waals surface area (Å²) < 4.78 is 22.1. The van der Waals surface area contributed by atoms with E-state index in [1.165, 1.54) is 50.2 Å². The van der Waals surface area contributed by atoms with Crippen LogP contribution in [-0.4, -0.2) is 39.7 Å². The van der Waals surface area contributed by atoms with E-state index in [4.69, 9.17) is 30.5 Å². The third kappa shape index (κ3) is 5.80. The second kappa shape index (κ2) is 11.8. The number of ether oxygens (including phenoxy) is 4. The molecule has 0 spiro atoms. The summed E-state index contributed by atoms with van der Waals surface area (Å²) in [7, 11) is 1.67. The molecule has 0 amide bonds. The van der Waals surface area contributed by atoms with Gasteiger partial charge < -0.3 is 18.9 Å². The van der Waals surface area contributed by atoms with Gasteiger partial charge in [-0.3, -0.25) is 0 Å². The van der Waals surface area contributed by atoms with Crippen LogP contribution in [0.1, 0.15) is 62.1 Å². The van der Waals surface area contributed by atoms with Gasteiger partial charge in [0, 0.05) is 29.3 Å². The Morgan fingerprint density at radius 2 is 1.74 bits per heavy atom. The Morgan fingerprint density at radius 1 is 1.03 bits per heavy atom. The van der Waals surface area contributed by atoms with Gasteiger partial charge >= 0.3 is 5.97 Å². The minimum absolute atomic E-state index is 0.161. The highest BCUT2D eigenvalue weighted by atomic mass is 35.5. The summed E-state index contributed by atoms with van der Waals surface area (Å²) in [6, 6.07) is 10.5. The molecule has 0 unspecified atom stereocenters. The van der Waals surface area contributed by atoms with Crippen LogP contribution in [0.2, 0.25) is 5.02 Å². The van der Waals surface area contributed by atoms with Gasteiger partial charge in [-0.2, -0.15) is 0 Å². The molecule has 0 aromatic heterocycles. The van der Waals surface area contributed by atoms with E-state index in [9.17, 15) is 4.79 Å². The van der Waals surface area contributed by atoms with Gasteiger partial charge in [-0.05, 0) is 117 Å². The quantitative estimate of drug-likeness (QED) is 0.129. The van der Waals surface area contributed by atoms with Crippen molar-refractivity contribution in [2.24, 2.45) is 17.8 Å². The number of carbonyl (C=O) groups excluding carboxylic acids is 1. The van der Waals surface area contributed by atoms with Gasteiger partial charge in [0.05, 0.1) is 19.8 Å². The first-order valence-corrected chi connectivity index (χ1v) is 14.3. The van der Waals surface area contributed by atoms with Crippen molar-refractivity contribution in [2.45, 2.75) is 57.8 Å². The van der Waals surface area contributed by atoms with Crippen LogP contribution in [0.5, 0.6) is 5.75 Å². The number of hydrogen-bond acceptors (Lipinski definition) is 5. The van der Waals surface area contributed by atoms with Crippen molar-refractivity contribution >= 4 is 23.6 Å². The molecule has 4 aliphatic rings. The number of aryl methyl sites for hydroxylation is 1. The van der Waals surface area contributed by atoms with Gasteiger partial charge in [0.25, 0.3) is 0 Å². The molecule has 0 saturated heterocycles. The van der Waals surface area contributed by atoms with E-state index >= 15 is 0 Å². The Bertz CT molecular complexity index is 1150. The van der Waals surface area contributed by atoms with Crippen molar-refractivity contribution in [2.75, 3.05) is 33.7 Å². The third-order valence-electron chi connectivity index (χ3n) is 8.65. The number of esters is 1. The van der Waals surface area contributed by atoms with E-state index in [0.717, 1.165) is 45.8 Å². The summed E-state index contributed by atoms with van der Waals surface area (Å²) in [5.41, 5.74) is 5.57. The number of carbonyl (C=O) groups is 1. The molecule has 0 aliphatic heterocycles. The standard InChI is InChI=1S/C32H39ClO5/c1-4-37-31(34)8-6-22-5-7-26(29(33)15-22)27-16-28(30(11-21(27)2)38-20-36-10-9-35-3)32-17-23-12-24(18-32)14-25(13-23)19-32/h5-8,11,15-16,23-25H,4,9-10,12-14,17-20H2,1-3H3/b8-6+. The molecule has 0 atom stereocenters. The van der Waals surface area contributed by atoms with E-state index in [0.29, 0.717) is 24.8 Å². The number of rotatable bonds is 11. The van der Waals surface area contributed by atoms with Crippen LogP contribution >= 0.6 is 11.6 Å². The summed E-state index contributed by atoms with van der Waals surface area (Å²) in [5, 5.41) is 0.659. The maximum absolute atomic E-state index is 11.7. The van der Waals surface area contributed by atoms with Crippen molar-refractivity contribution in [3.05, 3.63) is 58.1 Å². The van der Waals surface area contributed by atoms with Crippen molar-refractivity contribution in [1.82, 2.24) is 0 Å². The highest BCUT2D eigenvalue weighted by molar-refractivity contribution is 6.33. The molecule has 2 aromatic rings. The molecule has 4 fully saturated rings. The molecule has 0 radical (unpaired) electrons. The smallest absolute Gasteiger partial charge is 0.330 e. The van der Waals surface area contributed by atoms with Crippen LogP contribution in [0.3, 0.4) is 0 Å². The zero-order chi connectivity index (χ0) is 26.7. The number of halogens is 1. The fourth-order valence-corrected chi connectivity index (χ4v) is 7.75. The van der Waals surface area contributed by atoms with Crippen LogP contribution in [-0.2, 0) is 24.4 Å². The SMILES string of the molecule is CCOC(=O)/C=C/c1ccc(-c2cc(C34CC5CC(CC(C5)C3)C4)c(OCOCCOC)cc2C)c(Cl)c1. The molecular weight excluding hydrogens is 500 g/mol. The first-order valence-electron chi connectivity index (χ1n) is 13.9. The molecule has 4 saturated carbocycles. The lowest BCUT2D eigenvalue weighted by atomic mass is 9.48. The predicted octanol–water partition coefficient (Wildman–Crippen LogP) is 7.36. The maximum Gasteiger partial charge on any atom is 0.330 e. The van der Waals surface area contributed by atoms with Gasteiger partial charge in [-0.25, -0.2) is 4.79 Å². The molecule has 0 heterocycles. The van der Waals surface area contributed by atoms with Crippen LogP contribution in [0, 0.1) is 24.7 Å². The topological polar surface area (TPSA) is 54.0 Å². The summed E-state index contributed by atoms with van der Waals surface area (Å²) in [6.07, 6.45) is 11.1. The third-order valence-corrected chi connectivity index (χ3v) is 8.96. The second-order valence-corrected chi connectivity index (χ2v) is 11.8. The number of benzene rings is 2. The van der Waals surface area contributed by atoms with Gasteiger partial charge in [-0.15, -0.1) is 0 Å². The highest BCUT2D eigenvalue weighted by Gasteiger charge is 2.52. The van der Waals surface area contributed by atoms with Gasteiger partial charge in [-0.1, -0.05) is 23.7 Å². The number of hydrogen-bond donors (Lipinski definition) is 0. The summed E-state index contributed by atoms with van der Waals surface area (Å²) in [5.74, 6) is 3.06. The predicted molar refractivity (Wildman–Crippen MR) is 150 cm³/mol. The summed E-state index contributed by atoms with van der Waals surface area (Å²) >= 11 is 6.84. The second-order valence-electron chi connectivity index (χ2n) is 11.3. The van der Waals surface area contributed by atoms with E-state index in [1.807, 2.05) is 18.2 Å². The first-order chi connectivity index (χ1) is 18.4. The normalized spacial score (nSPS) is 25.7. The average molecular weight is 539 g/mol. The molecule has 38 heavy (non-hydrogen) atoms. The Balaban J connectivity index is 1.48. The van der Waals surface area contributed by atoms with E-state index < -0.39 is 0 Å². The molecule has 6 rings (SSSR count). The largest absolute Gasteiger partial charge is 0.467 e. The van der Waals surface area contributed by atoms with Crippen molar-refractivity contribution in [3.8, 4) is 16.9 Å². The fourth-order valence-electron chi connectivity index (χ4n) is 7.46. The molecule has 6 heteroatoms. The maximum atomic E-state index is 11.7. The monoisotopic (exact) mass is 538 g/mol. The van der Waals surface area contributed by atoms with E-state index in [1.54, 1.807) is 20.1 Å². The van der Waals surface area contributed by atoms with Gasteiger partial charge in [0.2, 0.25) is 0 Å². The number of methoxy groups -OCH3 is 1. The van der Waals surface area contributed by atoms with Crippen LogP contribution < -0.4 is 4.74 Å². The first kappa shape index (κ1) is 27.2. The zero-order valence-electron chi connectivity index (χ0n) is 22.8. The average Bonchev–Trinajstić information content (AvgIpc) is 2.87. The summed E-state index contributed by atoms with van der Waals surface area (Å²) in [4.78, 5) is 11.7. The molecule has 4 bridgehead atoms. The lowest BCUT2D eigenvalue weighted by molar-refractivity contribution is -0.137. The minimum Gasteiger partial charge on any atom is -0.467 e. The fraction of sp³-hybridized carbons (Fsp3) is 0.531. The van der Waals surface area contributed by atoms with Crippen LogP contribution in [0.15, 0.2) is 36.4 Å². The lowest BCUT2D eigenvalue weighted by Gasteiger charge is -2.57. The van der Waals surface area contributed by atoms with Crippen molar-refractivity contribution < 1.29 is 23.7 Å². The van der Waals surface area contributed by atoms with Gasteiger partial charge in [0.1, 0.15) is 5.75 Å². The molecule has 4 aliphatic carbocycles. The van der Waals surface area contributed by atoms with Crippen LogP contribution in [0.25, 0.3) is 17.2 Å². The minimum atomic E-state index is -0.356. The molecular formula is C32H39ClO5. The Hall–Kier alpha value is -2.34. The Kier molecular flexibility index (Phi) is 8.47. The highest BCUT2D eigenvalue weighted by Crippen LogP contribution is 2.62. The molecule has 0 N–H and O–H groups in total. The van der Waals surface area contributed by atoms with Crippen molar-refractivity contribution in [1.29, 1.82) is 0 Å². The van der Waals surface area contributed by atoms with E-state index in [-0.39, 0.29) is 18.2 Å². The molecule has 204 valence electrons. The van der Waals surface area contributed by atoms with Gasteiger partial charge in [0.15, 0.2) is 6.79 Å². The van der Waals surface area contributed by atoms with Crippen LogP contribution in [0.4, 0.5) is 0 Å². The Labute approximate surface area is 231 Å². The molecule has 2 aromatic carbocycles. The summed E-state index contributed by atoms with van der Waals surface area (Å²) in [6.45, 7) is 5.53. The van der Waals surface area contributed by atoms with E-state index in [2.05, 4.69) is 19.1 Å².